The summed E-state index contributed by atoms with van der Waals surface area (Å²) in [6.07, 6.45) is 11.2. The number of benzene rings is 1. The van der Waals surface area contributed by atoms with Crippen molar-refractivity contribution in [2.24, 2.45) is 0 Å². The first-order chi connectivity index (χ1) is 10.3. The molecular weight excluding hydrogens is 259 g/mol. The predicted octanol–water partition coefficient (Wildman–Crippen LogP) is 4.19. The normalized spacial score (nSPS) is 18.1. The molecule has 3 heteroatoms. The average molecular weight is 286 g/mol. The van der Waals surface area contributed by atoms with Gasteiger partial charge in [0, 0.05) is 0 Å². The molecule has 1 atom stereocenters. The van der Waals surface area contributed by atoms with E-state index in [1.165, 1.54) is 38.5 Å². The van der Waals surface area contributed by atoms with Crippen LogP contribution in [0.4, 0.5) is 0 Å². The van der Waals surface area contributed by atoms with E-state index in [4.69, 9.17) is 9.31 Å². The fraction of sp³-hybridized carbons (Fsp3) is 0.556. The first-order valence-corrected chi connectivity index (χ1v) is 8.33. The third kappa shape index (κ3) is 5.33. The molecule has 1 saturated heterocycles. The lowest BCUT2D eigenvalue weighted by molar-refractivity contribution is 0.217. The molecule has 0 aromatic heterocycles. The van der Waals surface area contributed by atoms with Crippen molar-refractivity contribution in [1.29, 1.82) is 0 Å². The molecule has 1 aliphatic heterocycles. The molecule has 0 aliphatic carbocycles. The number of unbranched alkanes of at least 4 members (excludes halogenated alkanes) is 5. The Morgan fingerprint density at radius 3 is 2.57 bits per heavy atom. The maximum Gasteiger partial charge on any atom is 0.494 e. The van der Waals surface area contributed by atoms with Crippen molar-refractivity contribution >= 4 is 18.7 Å². The third-order valence-electron chi connectivity index (χ3n) is 4.07. The standard InChI is InChI=1S/C18H27BO2/c1-3-5-6-7-8-9-10-18-15-20-19(21-18)17-13-11-16(4-2)12-14-17/h4,11-14,18H,2-3,5-10,15H2,1H3. The molecule has 2 rings (SSSR count). The molecule has 1 aliphatic rings. The van der Waals surface area contributed by atoms with Crippen LogP contribution in [0.1, 0.15) is 57.4 Å². The molecule has 0 bridgehead atoms. The monoisotopic (exact) mass is 286 g/mol. The minimum absolute atomic E-state index is 0.186. The molecule has 114 valence electrons. The Morgan fingerprint density at radius 2 is 1.86 bits per heavy atom. The summed E-state index contributed by atoms with van der Waals surface area (Å²) in [5.74, 6) is 0. The molecule has 0 radical (unpaired) electrons. The summed E-state index contributed by atoms with van der Waals surface area (Å²) in [5, 5.41) is 0. The topological polar surface area (TPSA) is 18.5 Å². The van der Waals surface area contributed by atoms with E-state index in [1.54, 1.807) is 0 Å². The number of rotatable bonds is 9. The van der Waals surface area contributed by atoms with Gasteiger partial charge in [0.1, 0.15) is 0 Å². The maximum absolute atomic E-state index is 6.00. The molecule has 2 nitrogen and oxygen atoms in total. The van der Waals surface area contributed by atoms with Crippen molar-refractivity contribution in [3.63, 3.8) is 0 Å². The van der Waals surface area contributed by atoms with Crippen molar-refractivity contribution in [3.8, 4) is 0 Å². The molecule has 0 amide bonds. The summed E-state index contributed by atoms with van der Waals surface area (Å²) in [4.78, 5) is 0. The van der Waals surface area contributed by atoms with Crippen LogP contribution in [0.5, 0.6) is 0 Å². The van der Waals surface area contributed by atoms with Crippen molar-refractivity contribution in [2.45, 2.75) is 58.0 Å². The molecule has 0 N–H and O–H groups in total. The van der Waals surface area contributed by atoms with E-state index < -0.39 is 0 Å². The van der Waals surface area contributed by atoms with Crippen molar-refractivity contribution in [3.05, 3.63) is 36.4 Å². The first-order valence-electron chi connectivity index (χ1n) is 8.33. The molecule has 1 fully saturated rings. The van der Waals surface area contributed by atoms with Crippen LogP contribution in [0, 0.1) is 0 Å². The molecule has 1 heterocycles. The van der Waals surface area contributed by atoms with E-state index in [0.29, 0.717) is 0 Å². The largest absolute Gasteiger partial charge is 0.494 e. The van der Waals surface area contributed by atoms with Gasteiger partial charge in [0.2, 0.25) is 0 Å². The van der Waals surface area contributed by atoms with Gasteiger partial charge in [-0.1, -0.05) is 82.4 Å². The Bertz CT molecular complexity index is 416. The first kappa shape index (κ1) is 16.3. The molecule has 1 aromatic rings. The SMILES string of the molecule is C=Cc1ccc(B2OCC(CCCCCCCC)O2)cc1. The van der Waals surface area contributed by atoms with Gasteiger partial charge in [0.15, 0.2) is 0 Å². The molecule has 0 spiro atoms. The third-order valence-corrected chi connectivity index (χ3v) is 4.07. The van der Waals surface area contributed by atoms with Gasteiger partial charge in [-0.05, 0) is 17.4 Å². The van der Waals surface area contributed by atoms with Crippen LogP contribution in [0.25, 0.3) is 6.08 Å². The lowest BCUT2D eigenvalue weighted by Crippen LogP contribution is -2.32. The van der Waals surface area contributed by atoms with E-state index in [1.807, 2.05) is 6.08 Å². The Morgan fingerprint density at radius 1 is 1.14 bits per heavy atom. The van der Waals surface area contributed by atoms with Crippen molar-refractivity contribution < 1.29 is 9.31 Å². The molecular formula is C18H27BO2. The maximum atomic E-state index is 6.00. The highest BCUT2D eigenvalue weighted by Gasteiger charge is 2.32. The Labute approximate surface area is 129 Å². The van der Waals surface area contributed by atoms with E-state index in [9.17, 15) is 0 Å². The highest BCUT2D eigenvalue weighted by Crippen LogP contribution is 2.16. The van der Waals surface area contributed by atoms with Gasteiger partial charge in [0.05, 0.1) is 12.7 Å². The molecule has 1 aromatic carbocycles. The Hall–Kier alpha value is -1.06. The van der Waals surface area contributed by atoms with Gasteiger partial charge >= 0.3 is 7.12 Å². The minimum atomic E-state index is -0.186. The lowest BCUT2D eigenvalue weighted by Gasteiger charge is -2.09. The van der Waals surface area contributed by atoms with E-state index >= 15 is 0 Å². The number of hydrogen-bond acceptors (Lipinski definition) is 2. The smallest absolute Gasteiger partial charge is 0.405 e. The number of hydrogen-bond donors (Lipinski definition) is 0. The van der Waals surface area contributed by atoms with E-state index in [0.717, 1.165) is 24.1 Å². The summed E-state index contributed by atoms with van der Waals surface area (Å²) in [5.41, 5.74) is 2.23. The van der Waals surface area contributed by atoms with Gasteiger partial charge in [-0.3, -0.25) is 0 Å². The fourth-order valence-electron chi connectivity index (χ4n) is 2.72. The highest BCUT2D eigenvalue weighted by atomic mass is 16.6. The van der Waals surface area contributed by atoms with Gasteiger partial charge in [-0.25, -0.2) is 0 Å². The van der Waals surface area contributed by atoms with Crippen LogP contribution in [0.3, 0.4) is 0 Å². The van der Waals surface area contributed by atoms with Crippen LogP contribution in [-0.4, -0.2) is 19.8 Å². The van der Waals surface area contributed by atoms with Crippen molar-refractivity contribution in [1.82, 2.24) is 0 Å². The summed E-state index contributed by atoms with van der Waals surface area (Å²) in [7, 11) is -0.186. The van der Waals surface area contributed by atoms with Gasteiger partial charge in [-0.2, -0.15) is 0 Å². The summed E-state index contributed by atoms with van der Waals surface area (Å²) in [6.45, 7) is 6.75. The Balaban J connectivity index is 1.67. The predicted molar refractivity (Wildman–Crippen MR) is 90.7 cm³/mol. The van der Waals surface area contributed by atoms with Crippen molar-refractivity contribution in [2.75, 3.05) is 6.61 Å². The van der Waals surface area contributed by atoms with Gasteiger partial charge in [0.25, 0.3) is 0 Å². The van der Waals surface area contributed by atoms with Gasteiger partial charge in [-0.15, -0.1) is 0 Å². The molecule has 21 heavy (non-hydrogen) atoms. The minimum Gasteiger partial charge on any atom is -0.405 e. The van der Waals surface area contributed by atoms with Crippen LogP contribution >= 0.6 is 0 Å². The van der Waals surface area contributed by atoms with Crippen LogP contribution in [0.2, 0.25) is 0 Å². The molecule has 0 saturated carbocycles. The quantitative estimate of drug-likeness (QED) is 0.500. The zero-order valence-corrected chi connectivity index (χ0v) is 13.2. The van der Waals surface area contributed by atoms with E-state index in [2.05, 4.69) is 37.8 Å². The zero-order chi connectivity index (χ0) is 14.9. The van der Waals surface area contributed by atoms with Crippen LogP contribution in [0.15, 0.2) is 30.8 Å². The van der Waals surface area contributed by atoms with E-state index in [-0.39, 0.29) is 13.2 Å². The Kier molecular flexibility index (Phi) is 7.04. The lowest BCUT2D eigenvalue weighted by atomic mass is 9.79. The fourth-order valence-corrected chi connectivity index (χ4v) is 2.72. The summed E-state index contributed by atoms with van der Waals surface area (Å²) >= 11 is 0. The summed E-state index contributed by atoms with van der Waals surface area (Å²) < 4.78 is 11.8. The highest BCUT2D eigenvalue weighted by molar-refractivity contribution is 6.61. The summed E-state index contributed by atoms with van der Waals surface area (Å²) in [6, 6.07) is 8.23. The van der Waals surface area contributed by atoms with Gasteiger partial charge < -0.3 is 9.31 Å². The second-order valence-electron chi connectivity index (χ2n) is 5.85. The molecule has 1 unspecified atom stereocenters. The second kappa shape index (κ2) is 9.06. The van der Waals surface area contributed by atoms with Crippen LogP contribution < -0.4 is 5.46 Å². The van der Waals surface area contributed by atoms with Crippen LogP contribution in [-0.2, 0) is 9.31 Å². The second-order valence-corrected chi connectivity index (χ2v) is 5.85. The zero-order valence-electron chi connectivity index (χ0n) is 13.2. The average Bonchev–Trinajstić information content (AvgIpc) is 3.00.